The zero-order valence-corrected chi connectivity index (χ0v) is 21.9. The summed E-state index contributed by atoms with van der Waals surface area (Å²) in [6, 6.07) is 19.8. The van der Waals surface area contributed by atoms with Gasteiger partial charge >= 0.3 is 0 Å². The summed E-state index contributed by atoms with van der Waals surface area (Å²) in [7, 11) is -1.24. The lowest BCUT2D eigenvalue weighted by Gasteiger charge is -2.25. The van der Waals surface area contributed by atoms with Crippen molar-refractivity contribution in [2.24, 2.45) is 5.10 Å². The van der Waals surface area contributed by atoms with E-state index >= 15 is 0 Å². The van der Waals surface area contributed by atoms with Gasteiger partial charge in [0.05, 0.1) is 37.6 Å². The van der Waals surface area contributed by atoms with Crippen LogP contribution in [0.5, 0.6) is 17.2 Å². The second-order valence-corrected chi connectivity index (χ2v) is 9.79. The molecular formula is C27H31N3O6S. The lowest BCUT2D eigenvalue weighted by Crippen LogP contribution is -2.39. The van der Waals surface area contributed by atoms with Crippen LogP contribution in [0.4, 0.5) is 5.69 Å². The van der Waals surface area contributed by atoms with Gasteiger partial charge in [0.1, 0.15) is 23.8 Å². The molecule has 0 spiro atoms. The van der Waals surface area contributed by atoms with Crippen molar-refractivity contribution in [3.05, 3.63) is 78.4 Å². The quantitative estimate of drug-likeness (QED) is 0.203. The molecule has 3 aromatic carbocycles. The Labute approximate surface area is 217 Å². The van der Waals surface area contributed by atoms with E-state index in [9.17, 15) is 13.2 Å². The number of anilines is 1. The van der Waals surface area contributed by atoms with Crippen LogP contribution in [0, 0.1) is 0 Å². The van der Waals surface area contributed by atoms with Crippen LogP contribution in [0.2, 0.25) is 0 Å². The molecule has 1 N–H and O–H groups in total. The third kappa shape index (κ3) is 7.47. The SMILES string of the molecule is CCCCOc1ccc(/C=N\NC(=O)CN(c2cc(OC)ccc2OC)S(=O)(=O)c2ccccc2)cc1. The third-order valence-electron chi connectivity index (χ3n) is 5.32. The van der Waals surface area contributed by atoms with Gasteiger partial charge in [0, 0.05) is 6.07 Å². The summed E-state index contributed by atoms with van der Waals surface area (Å²) in [5.41, 5.74) is 3.30. The van der Waals surface area contributed by atoms with E-state index in [0.29, 0.717) is 12.4 Å². The highest BCUT2D eigenvalue weighted by Gasteiger charge is 2.29. The van der Waals surface area contributed by atoms with E-state index in [1.54, 1.807) is 30.3 Å². The van der Waals surface area contributed by atoms with Crippen LogP contribution in [0.1, 0.15) is 25.3 Å². The molecule has 0 saturated heterocycles. The van der Waals surface area contributed by atoms with Crippen LogP contribution >= 0.6 is 0 Å². The Morgan fingerprint density at radius 3 is 2.32 bits per heavy atom. The van der Waals surface area contributed by atoms with E-state index in [1.165, 1.54) is 38.6 Å². The molecule has 0 fully saturated rings. The average molecular weight is 526 g/mol. The first-order chi connectivity index (χ1) is 17.9. The number of methoxy groups -OCH3 is 2. The van der Waals surface area contributed by atoms with E-state index in [4.69, 9.17) is 14.2 Å². The first-order valence-electron chi connectivity index (χ1n) is 11.7. The number of sulfonamides is 1. The van der Waals surface area contributed by atoms with Gasteiger partial charge in [0.15, 0.2) is 0 Å². The fourth-order valence-electron chi connectivity index (χ4n) is 3.34. The fourth-order valence-corrected chi connectivity index (χ4v) is 4.78. The summed E-state index contributed by atoms with van der Waals surface area (Å²) in [6.07, 6.45) is 3.50. The molecule has 0 bridgehead atoms. The molecule has 0 aromatic heterocycles. The minimum Gasteiger partial charge on any atom is -0.497 e. The Balaban J connectivity index is 1.80. The number of amides is 1. The number of hydrazone groups is 1. The normalized spacial score (nSPS) is 11.2. The van der Waals surface area contributed by atoms with Gasteiger partial charge < -0.3 is 14.2 Å². The van der Waals surface area contributed by atoms with Gasteiger partial charge in [0.25, 0.3) is 15.9 Å². The summed E-state index contributed by atoms with van der Waals surface area (Å²) in [4.78, 5) is 12.9. The van der Waals surface area contributed by atoms with E-state index in [0.717, 1.165) is 28.5 Å². The molecule has 0 aliphatic carbocycles. The minimum absolute atomic E-state index is 0.0254. The van der Waals surface area contributed by atoms with Gasteiger partial charge in [-0.2, -0.15) is 5.10 Å². The standard InChI is InChI=1S/C27H31N3O6S/c1-4-5-17-36-22-13-11-21(12-14-22)19-28-29-27(31)20-30(37(32,33)24-9-7-6-8-10-24)25-18-23(34-2)15-16-26(25)35-3/h6-16,18-19H,4-5,17,20H2,1-3H3,(H,29,31)/b28-19-. The maximum Gasteiger partial charge on any atom is 0.264 e. The smallest absolute Gasteiger partial charge is 0.264 e. The van der Waals surface area contributed by atoms with Gasteiger partial charge in [-0.1, -0.05) is 31.5 Å². The molecule has 0 saturated carbocycles. The molecule has 10 heteroatoms. The van der Waals surface area contributed by atoms with Crippen molar-refractivity contribution in [1.82, 2.24) is 5.43 Å². The average Bonchev–Trinajstić information content (AvgIpc) is 2.92. The zero-order valence-electron chi connectivity index (χ0n) is 21.1. The molecule has 3 rings (SSSR count). The molecule has 0 aliphatic rings. The van der Waals surface area contributed by atoms with Gasteiger partial charge in [-0.3, -0.25) is 9.10 Å². The number of carbonyl (C=O) groups excluding carboxylic acids is 1. The molecule has 0 heterocycles. The van der Waals surface area contributed by atoms with Crippen molar-refractivity contribution >= 4 is 27.8 Å². The number of nitrogens with zero attached hydrogens (tertiary/aromatic N) is 2. The van der Waals surface area contributed by atoms with Crippen molar-refractivity contribution in [2.75, 3.05) is 31.7 Å². The number of hydrogen-bond donors (Lipinski definition) is 1. The van der Waals surface area contributed by atoms with Gasteiger partial charge in [0.2, 0.25) is 0 Å². The Kier molecular flexibility index (Phi) is 9.91. The Bertz CT molecular complexity index is 1300. The maximum atomic E-state index is 13.6. The van der Waals surface area contributed by atoms with Crippen molar-refractivity contribution in [2.45, 2.75) is 24.7 Å². The van der Waals surface area contributed by atoms with E-state index in [-0.39, 0.29) is 16.3 Å². The highest BCUT2D eigenvalue weighted by Crippen LogP contribution is 2.35. The zero-order chi connectivity index (χ0) is 26.7. The molecule has 1 amide bonds. The molecule has 9 nitrogen and oxygen atoms in total. The second kappa shape index (κ2) is 13.3. The summed E-state index contributed by atoms with van der Waals surface area (Å²) >= 11 is 0. The summed E-state index contributed by atoms with van der Waals surface area (Å²) in [6.45, 7) is 2.21. The Hall–Kier alpha value is -4.05. The van der Waals surface area contributed by atoms with E-state index in [2.05, 4.69) is 17.5 Å². The maximum absolute atomic E-state index is 13.6. The predicted octanol–water partition coefficient (Wildman–Crippen LogP) is 4.23. The minimum atomic E-state index is -4.13. The predicted molar refractivity (Wildman–Crippen MR) is 143 cm³/mol. The molecular weight excluding hydrogens is 494 g/mol. The van der Waals surface area contributed by atoms with Crippen LogP contribution in [0.25, 0.3) is 0 Å². The van der Waals surface area contributed by atoms with Crippen molar-refractivity contribution in [1.29, 1.82) is 0 Å². The first kappa shape index (κ1) is 27.5. The molecule has 37 heavy (non-hydrogen) atoms. The molecule has 0 radical (unpaired) electrons. The van der Waals surface area contributed by atoms with Gasteiger partial charge in [-0.05, 0) is 60.5 Å². The highest BCUT2D eigenvalue weighted by molar-refractivity contribution is 7.92. The number of benzene rings is 3. The Morgan fingerprint density at radius 2 is 1.68 bits per heavy atom. The largest absolute Gasteiger partial charge is 0.497 e. The summed E-state index contributed by atoms with van der Waals surface area (Å²) < 4.78 is 44.4. The summed E-state index contributed by atoms with van der Waals surface area (Å²) in [5, 5.41) is 3.98. The molecule has 0 aliphatic heterocycles. The van der Waals surface area contributed by atoms with Crippen LogP contribution in [0.3, 0.4) is 0 Å². The lowest BCUT2D eigenvalue weighted by molar-refractivity contribution is -0.119. The van der Waals surface area contributed by atoms with Gasteiger partial charge in [-0.25, -0.2) is 13.8 Å². The Morgan fingerprint density at radius 1 is 0.973 bits per heavy atom. The lowest BCUT2D eigenvalue weighted by atomic mass is 10.2. The number of carbonyl (C=O) groups is 1. The van der Waals surface area contributed by atoms with Crippen LogP contribution in [-0.4, -0.2) is 47.9 Å². The fraction of sp³-hybridized carbons (Fsp3) is 0.259. The third-order valence-corrected chi connectivity index (χ3v) is 7.10. The number of ether oxygens (including phenoxy) is 3. The number of rotatable bonds is 13. The summed E-state index contributed by atoms with van der Waals surface area (Å²) in [5.74, 6) is 0.784. The van der Waals surface area contributed by atoms with E-state index in [1.807, 2.05) is 24.3 Å². The van der Waals surface area contributed by atoms with Gasteiger partial charge in [-0.15, -0.1) is 0 Å². The number of nitrogens with one attached hydrogen (secondary N) is 1. The van der Waals surface area contributed by atoms with Crippen molar-refractivity contribution in [3.63, 3.8) is 0 Å². The van der Waals surface area contributed by atoms with E-state index < -0.39 is 22.5 Å². The molecule has 196 valence electrons. The first-order valence-corrected chi connectivity index (χ1v) is 13.2. The van der Waals surface area contributed by atoms with Crippen molar-refractivity contribution < 1.29 is 27.4 Å². The molecule has 0 atom stereocenters. The van der Waals surface area contributed by atoms with Crippen LogP contribution < -0.4 is 23.9 Å². The van der Waals surface area contributed by atoms with Crippen LogP contribution in [0.15, 0.2) is 82.8 Å². The monoisotopic (exact) mass is 525 g/mol. The molecule has 3 aromatic rings. The van der Waals surface area contributed by atoms with Crippen molar-refractivity contribution in [3.8, 4) is 17.2 Å². The van der Waals surface area contributed by atoms with Crippen LogP contribution in [-0.2, 0) is 14.8 Å². The topological polar surface area (TPSA) is 107 Å². The highest BCUT2D eigenvalue weighted by atomic mass is 32.2. The second-order valence-electron chi connectivity index (χ2n) is 7.93. The molecule has 0 unspecified atom stereocenters. The number of unbranched alkanes of at least 4 members (excludes halogenated alkanes) is 1. The number of hydrogen-bond acceptors (Lipinski definition) is 7.